The third-order valence-electron chi connectivity index (χ3n) is 2.33. The van der Waals surface area contributed by atoms with Gasteiger partial charge in [0.15, 0.2) is 0 Å². The average Bonchev–Trinajstić information content (AvgIpc) is 2.33. The van der Waals surface area contributed by atoms with Crippen LogP contribution >= 0.6 is 22.6 Å². The molecule has 0 heterocycles. The summed E-state index contributed by atoms with van der Waals surface area (Å²) in [6.45, 7) is 1.35. The number of halogens is 1. The van der Waals surface area contributed by atoms with Gasteiger partial charge in [0.2, 0.25) is 0 Å². The average molecular weight is 324 g/mol. The van der Waals surface area contributed by atoms with E-state index in [1.54, 1.807) is 0 Å². The number of rotatable bonds is 4. The van der Waals surface area contributed by atoms with Gasteiger partial charge < -0.3 is 4.74 Å². The van der Waals surface area contributed by atoms with Gasteiger partial charge in [0.05, 0.1) is 13.2 Å². The lowest BCUT2D eigenvalue weighted by Gasteiger charge is -2.06. The van der Waals surface area contributed by atoms with Gasteiger partial charge in [-0.1, -0.05) is 48.5 Å². The zero-order valence-electron chi connectivity index (χ0n) is 8.90. The SMILES string of the molecule is Ic1ccccc1COCc1ccccc1. The van der Waals surface area contributed by atoms with E-state index in [1.165, 1.54) is 14.7 Å². The van der Waals surface area contributed by atoms with Gasteiger partial charge in [0.1, 0.15) is 0 Å². The van der Waals surface area contributed by atoms with Crippen LogP contribution in [0.4, 0.5) is 0 Å². The van der Waals surface area contributed by atoms with E-state index in [0.717, 1.165) is 0 Å². The van der Waals surface area contributed by atoms with Crippen LogP contribution in [0.3, 0.4) is 0 Å². The van der Waals surface area contributed by atoms with Crippen LogP contribution in [0, 0.1) is 3.57 Å². The van der Waals surface area contributed by atoms with Gasteiger partial charge in [-0.2, -0.15) is 0 Å². The molecule has 0 aliphatic heterocycles. The monoisotopic (exact) mass is 324 g/mol. The summed E-state index contributed by atoms with van der Waals surface area (Å²) in [6, 6.07) is 18.5. The second-order valence-corrected chi connectivity index (χ2v) is 4.73. The third kappa shape index (κ3) is 3.32. The van der Waals surface area contributed by atoms with E-state index in [9.17, 15) is 0 Å². The lowest BCUT2D eigenvalue weighted by atomic mass is 10.2. The predicted molar refractivity (Wildman–Crippen MR) is 74.1 cm³/mol. The molecule has 0 amide bonds. The molecule has 0 aliphatic rings. The summed E-state index contributed by atoms with van der Waals surface area (Å²) in [4.78, 5) is 0. The molecule has 2 rings (SSSR count). The molecular formula is C14H13IO. The molecule has 82 valence electrons. The van der Waals surface area contributed by atoms with E-state index in [1.807, 2.05) is 30.3 Å². The molecule has 2 aromatic carbocycles. The molecule has 2 heteroatoms. The van der Waals surface area contributed by atoms with Crippen molar-refractivity contribution in [2.45, 2.75) is 13.2 Å². The lowest BCUT2D eigenvalue weighted by Crippen LogP contribution is -1.95. The zero-order chi connectivity index (χ0) is 11.2. The van der Waals surface area contributed by atoms with E-state index in [-0.39, 0.29) is 0 Å². The zero-order valence-corrected chi connectivity index (χ0v) is 11.1. The molecule has 0 radical (unpaired) electrons. The van der Waals surface area contributed by atoms with Crippen LogP contribution in [-0.2, 0) is 18.0 Å². The van der Waals surface area contributed by atoms with Crippen LogP contribution in [0.1, 0.15) is 11.1 Å². The molecule has 0 aromatic heterocycles. The van der Waals surface area contributed by atoms with Crippen LogP contribution in [0.15, 0.2) is 54.6 Å². The fourth-order valence-electron chi connectivity index (χ4n) is 1.47. The smallest absolute Gasteiger partial charge is 0.0731 e. The van der Waals surface area contributed by atoms with Crippen LogP contribution in [-0.4, -0.2) is 0 Å². The first-order chi connectivity index (χ1) is 7.86. The van der Waals surface area contributed by atoms with Crippen LogP contribution < -0.4 is 0 Å². The van der Waals surface area contributed by atoms with Crippen molar-refractivity contribution in [3.05, 3.63) is 69.3 Å². The van der Waals surface area contributed by atoms with Gasteiger partial charge >= 0.3 is 0 Å². The van der Waals surface area contributed by atoms with Gasteiger partial charge in [0.25, 0.3) is 0 Å². The Labute approximate surface area is 110 Å². The Morgan fingerprint density at radius 1 is 0.812 bits per heavy atom. The van der Waals surface area contributed by atoms with Crippen molar-refractivity contribution in [1.82, 2.24) is 0 Å². The van der Waals surface area contributed by atoms with Crippen molar-refractivity contribution < 1.29 is 4.74 Å². The van der Waals surface area contributed by atoms with Crippen LogP contribution in [0.2, 0.25) is 0 Å². The fraction of sp³-hybridized carbons (Fsp3) is 0.143. The molecular weight excluding hydrogens is 311 g/mol. The Morgan fingerprint density at radius 3 is 2.25 bits per heavy atom. The Hall–Kier alpha value is -0.870. The second kappa shape index (κ2) is 6.01. The van der Waals surface area contributed by atoms with Gasteiger partial charge in [-0.05, 0) is 39.8 Å². The Kier molecular flexibility index (Phi) is 4.36. The first-order valence-corrected chi connectivity index (χ1v) is 6.29. The van der Waals surface area contributed by atoms with E-state index in [4.69, 9.17) is 4.74 Å². The van der Waals surface area contributed by atoms with Gasteiger partial charge in [0, 0.05) is 3.57 Å². The van der Waals surface area contributed by atoms with Crippen LogP contribution in [0.25, 0.3) is 0 Å². The maximum absolute atomic E-state index is 5.68. The number of ether oxygens (including phenoxy) is 1. The molecule has 0 saturated heterocycles. The Morgan fingerprint density at radius 2 is 1.50 bits per heavy atom. The minimum Gasteiger partial charge on any atom is -0.372 e. The Bertz CT molecular complexity index is 439. The minimum absolute atomic E-state index is 0.672. The van der Waals surface area contributed by atoms with Gasteiger partial charge in [-0.3, -0.25) is 0 Å². The van der Waals surface area contributed by atoms with Crippen molar-refractivity contribution in [3.63, 3.8) is 0 Å². The number of benzene rings is 2. The van der Waals surface area contributed by atoms with Crippen molar-refractivity contribution in [3.8, 4) is 0 Å². The molecule has 0 bridgehead atoms. The van der Waals surface area contributed by atoms with Gasteiger partial charge in [-0.25, -0.2) is 0 Å². The summed E-state index contributed by atoms with van der Waals surface area (Å²) in [5.74, 6) is 0. The van der Waals surface area contributed by atoms with Crippen molar-refractivity contribution in [1.29, 1.82) is 0 Å². The summed E-state index contributed by atoms with van der Waals surface area (Å²) in [6.07, 6.45) is 0. The normalized spacial score (nSPS) is 10.3. The molecule has 1 nitrogen and oxygen atoms in total. The third-order valence-corrected chi connectivity index (χ3v) is 3.38. The topological polar surface area (TPSA) is 9.23 Å². The summed E-state index contributed by atoms with van der Waals surface area (Å²) in [5.41, 5.74) is 2.47. The summed E-state index contributed by atoms with van der Waals surface area (Å²) in [5, 5.41) is 0. The molecule has 0 spiro atoms. The number of hydrogen-bond acceptors (Lipinski definition) is 1. The minimum atomic E-state index is 0.672. The first kappa shape index (κ1) is 11.6. The second-order valence-electron chi connectivity index (χ2n) is 3.57. The highest BCUT2D eigenvalue weighted by atomic mass is 127. The lowest BCUT2D eigenvalue weighted by molar-refractivity contribution is 0.106. The van der Waals surface area contributed by atoms with Crippen molar-refractivity contribution in [2.75, 3.05) is 0 Å². The summed E-state index contributed by atoms with van der Waals surface area (Å²) < 4.78 is 6.94. The molecule has 0 unspecified atom stereocenters. The van der Waals surface area contributed by atoms with E-state index in [0.29, 0.717) is 13.2 Å². The van der Waals surface area contributed by atoms with Crippen molar-refractivity contribution >= 4 is 22.6 Å². The highest BCUT2D eigenvalue weighted by molar-refractivity contribution is 14.1. The van der Waals surface area contributed by atoms with Crippen molar-refractivity contribution in [2.24, 2.45) is 0 Å². The maximum Gasteiger partial charge on any atom is 0.0731 e. The quantitative estimate of drug-likeness (QED) is 0.772. The molecule has 0 atom stereocenters. The largest absolute Gasteiger partial charge is 0.372 e. The standard InChI is InChI=1S/C14H13IO/c15-14-9-5-4-8-13(14)11-16-10-12-6-2-1-3-7-12/h1-9H,10-11H2. The highest BCUT2D eigenvalue weighted by Crippen LogP contribution is 2.13. The molecule has 0 saturated carbocycles. The maximum atomic E-state index is 5.68. The van der Waals surface area contributed by atoms with E-state index in [2.05, 4.69) is 46.9 Å². The fourth-order valence-corrected chi connectivity index (χ4v) is 2.01. The van der Waals surface area contributed by atoms with E-state index < -0.39 is 0 Å². The molecule has 2 aromatic rings. The number of hydrogen-bond donors (Lipinski definition) is 0. The van der Waals surface area contributed by atoms with Gasteiger partial charge in [-0.15, -0.1) is 0 Å². The molecule has 0 N–H and O–H groups in total. The summed E-state index contributed by atoms with van der Waals surface area (Å²) in [7, 11) is 0. The highest BCUT2D eigenvalue weighted by Gasteiger charge is 1.98. The molecule has 0 fully saturated rings. The molecule has 16 heavy (non-hydrogen) atoms. The Balaban J connectivity index is 1.87. The summed E-state index contributed by atoms with van der Waals surface area (Å²) >= 11 is 2.33. The van der Waals surface area contributed by atoms with E-state index >= 15 is 0 Å². The molecule has 0 aliphatic carbocycles. The predicted octanol–water partition coefficient (Wildman–Crippen LogP) is 4.01. The first-order valence-electron chi connectivity index (χ1n) is 5.21. The van der Waals surface area contributed by atoms with Crippen LogP contribution in [0.5, 0.6) is 0 Å².